The van der Waals surface area contributed by atoms with E-state index in [9.17, 15) is 4.79 Å². The monoisotopic (exact) mass is 429 g/mol. The lowest BCUT2D eigenvalue weighted by atomic mass is 9.90. The molecule has 0 aromatic carbocycles. The van der Waals surface area contributed by atoms with Crippen LogP contribution in [0.25, 0.3) is 11.4 Å². The Morgan fingerprint density at radius 2 is 1.97 bits per heavy atom. The first-order valence-electron chi connectivity index (χ1n) is 9.84. The van der Waals surface area contributed by atoms with Gasteiger partial charge in [0, 0.05) is 30.4 Å². The van der Waals surface area contributed by atoms with Gasteiger partial charge in [0.15, 0.2) is 11.0 Å². The second-order valence-electron chi connectivity index (χ2n) is 6.90. The summed E-state index contributed by atoms with van der Waals surface area (Å²) in [5, 5.41) is 22.2. The third kappa shape index (κ3) is 4.81. The number of aromatic nitrogens is 6. The summed E-state index contributed by atoms with van der Waals surface area (Å²) in [6.45, 7) is 2.75. The summed E-state index contributed by atoms with van der Waals surface area (Å²) in [6, 6.07) is 3.80. The van der Waals surface area contributed by atoms with Gasteiger partial charge >= 0.3 is 0 Å². The van der Waals surface area contributed by atoms with E-state index >= 15 is 0 Å². The third-order valence-corrected chi connectivity index (χ3v) is 6.91. The highest BCUT2D eigenvalue weighted by Crippen LogP contribution is 2.35. The van der Waals surface area contributed by atoms with Gasteiger partial charge in [-0.3, -0.25) is 15.1 Å². The highest BCUT2D eigenvalue weighted by Gasteiger charge is 2.20. The van der Waals surface area contributed by atoms with Gasteiger partial charge in [-0.2, -0.15) is 0 Å². The number of carbonyl (C=O) groups excluding carboxylic acids is 1. The van der Waals surface area contributed by atoms with E-state index in [2.05, 4.69) is 30.7 Å². The Morgan fingerprint density at radius 3 is 2.72 bits per heavy atom. The van der Waals surface area contributed by atoms with E-state index < -0.39 is 0 Å². The molecular weight excluding hydrogens is 406 g/mol. The predicted molar refractivity (Wildman–Crippen MR) is 114 cm³/mol. The van der Waals surface area contributed by atoms with Crippen LogP contribution in [-0.2, 0) is 11.3 Å². The minimum atomic E-state index is -0.113. The Hall–Kier alpha value is -2.33. The molecule has 29 heavy (non-hydrogen) atoms. The van der Waals surface area contributed by atoms with Gasteiger partial charge in [-0.25, -0.2) is 0 Å². The average Bonchev–Trinajstić information content (AvgIpc) is 3.40. The molecule has 3 heterocycles. The fourth-order valence-electron chi connectivity index (χ4n) is 3.48. The maximum Gasteiger partial charge on any atom is 0.236 e. The van der Waals surface area contributed by atoms with Crippen molar-refractivity contribution < 1.29 is 4.79 Å². The van der Waals surface area contributed by atoms with Crippen LogP contribution in [0.1, 0.15) is 50.0 Å². The van der Waals surface area contributed by atoms with Crippen LogP contribution in [0.2, 0.25) is 0 Å². The maximum absolute atomic E-state index is 12.4. The standard InChI is InChI=1S/C19H23N7OS2/c1-2-26-16(13-8-10-20-11-9-13)22-25-19(26)28-12-15(27)21-18-24-23-17(29-18)14-6-4-3-5-7-14/h8-11,14H,2-7,12H2,1H3,(H,21,24,27). The van der Waals surface area contributed by atoms with E-state index in [-0.39, 0.29) is 11.7 Å². The highest BCUT2D eigenvalue weighted by atomic mass is 32.2. The summed E-state index contributed by atoms with van der Waals surface area (Å²) in [4.78, 5) is 16.4. The molecule has 4 rings (SSSR count). The van der Waals surface area contributed by atoms with E-state index in [1.54, 1.807) is 12.4 Å². The Bertz CT molecular complexity index is 951. The van der Waals surface area contributed by atoms with E-state index in [1.807, 2.05) is 23.6 Å². The van der Waals surface area contributed by atoms with Gasteiger partial charge in [0.1, 0.15) is 5.01 Å². The molecule has 152 valence electrons. The summed E-state index contributed by atoms with van der Waals surface area (Å²) in [7, 11) is 0. The smallest absolute Gasteiger partial charge is 0.236 e. The van der Waals surface area contributed by atoms with Crippen molar-refractivity contribution in [1.82, 2.24) is 29.9 Å². The zero-order valence-corrected chi connectivity index (χ0v) is 17.9. The van der Waals surface area contributed by atoms with E-state index in [0.717, 1.165) is 28.1 Å². The van der Waals surface area contributed by atoms with Crippen LogP contribution in [0, 0.1) is 0 Å². The molecule has 1 fully saturated rings. The number of hydrogen-bond donors (Lipinski definition) is 1. The van der Waals surface area contributed by atoms with E-state index in [1.165, 1.54) is 55.2 Å². The first-order valence-corrected chi connectivity index (χ1v) is 11.6. The minimum Gasteiger partial charge on any atom is -0.302 e. The Kier molecular flexibility index (Phi) is 6.50. The fourth-order valence-corrected chi connectivity index (χ4v) is 5.21. The van der Waals surface area contributed by atoms with Crippen molar-refractivity contribution in [2.75, 3.05) is 11.1 Å². The van der Waals surface area contributed by atoms with Crippen LogP contribution in [-0.4, -0.2) is 41.6 Å². The Balaban J connectivity index is 1.35. The van der Waals surface area contributed by atoms with Crippen molar-refractivity contribution in [1.29, 1.82) is 0 Å². The number of thioether (sulfide) groups is 1. The molecule has 0 aliphatic heterocycles. The van der Waals surface area contributed by atoms with Gasteiger partial charge in [-0.1, -0.05) is 42.4 Å². The summed E-state index contributed by atoms with van der Waals surface area (Å²) < 4.78 is 2.00. The van der Waals surface area contributed by atoms with Crippen LogP contribution < -0.4 is 5.32 Å². The predicted octanol–water partition coefficient (Wildman–Crippen LogP) is 3.99. The first-order chi connectivity index (χ1) is 14.2. The Labute approximate surface area is 177 Å². The van der Waals surface area contributed by atoms with Crippen LogP contribution in [0.3, 0.4) is 0 Å². The number of nitrogens with one attached hydrogen (secondary N) is 1. The molecule has 0 unspecified atom stereocenters. The Morgan fingerprint density at radius 1 is 1.17 bits per heavy atom. The van der Waals surface area contributed by atoms with Gasteiger partial charge in [0.05, 0.1) is 5.75 Å². The molecule has 1 N–H and O–H groups in total. The van der Waals surface area contributed by atoms with Crippen LogP contribution in [0.4, 0.5) is 5.13 Å². The highest BCUT2D eigenvalue weighted by molar-refractivity contribution is 7.99. The lowest BCUT2D eigenvalue weighted by Crippen LogP contribution is -2.14. The summed E-state index contributed by atoms with van der Waals surface area (Å²) in [5.74, 6) is 1.40. The van der Waals surface area contributed by atoms with Gasteiger partial charge < -0.3 is 4.57 Å². The molecule has 0 saturated heterocycles. The maximum atomic E-state index is 12.4. The zero-order valence-electron chi connectivity index (χ0n) is 16.2. The SMILES string of the molecule is CCn1c(SCC(=O)Nc2nnc(C3CCCCC3)s2)nnc1-c1ccncc1. The quantitative estimate of drug-likeness (QED) is 0.567. The lowest BCUT2D eigenvalue weighted by Gasteiger charge is -2.18. The lowest BCUT2D eigenvalue weighted by molar-refractivity contribution is -0.113. The van der Waals surface area contributed by atoms with Crippen LogP contribution in [0.15, 0.2) is 29.7 Å². The summed E-state index contributed by atoms with van der Waals surface area (Å²) >= 11 is 2.86. The van der Waals surface area contributed by atoms with Gasteiger partial charge in [0.2, 0.25) is 11.0 Å². The molecule has 1 saturated carbocycles. The van der Waals surface area contributed by atoms with Crippen molar-refractivity contribution in [2.45, 2.75) is 56.6 Å². The molecule has 3 aromatic rings. The number of hydrogen-bond acceptors (Lipinski definition) is 8. The second kappa shape index (κ2) is 9.45. The van der Waals surface area contributed by atoms with Crippen molar-refractivity contribution >= 4 is 34.1 Å². The van der Waals surface area contributed by atoms with Crippen molar-refractivity contribution in [2.24, 2.45) is 0 Å². The van der Waals surface area contributed by atoms with Crippen LogP contribution >= 0.6 is 23.1 Å². The van der Waals surface area contributed by atoms with Crippen molar-refractivity contribution in [3.05, 3.63) is 29.5 Å². The van der Waals surface area contributed by atoms with Crippen molar-refractivity contribution in [3.63, 3.8) is 0 Å². The topological polar surface area (TPSA) is 98.5 Å². The molecule has 3 aromatic heterocycles. The number of rotatable bonds is 7. The van der Waals surface area contributed by atoms with E-state index in [4.69, 9.17) is 0 Å². The third-order valence-electron chi connectivity index (χ3n) is 4.95. The normalized spacial score (nSPS) is 14.8. The molecule has 0 spiro atoms. The molecular formula is C19H23N7OS2. The zero-order chi connectivity index (χ0) is 20.1. The molecule has 0 bridgehead atoms. The van der Waals surface area contributed by atoms with Crippen LogP contribution in [0.5, 0.6) is 0 Å². The molecule has 1 amide bonds. The number of amides is 1. The molecule has 1 aliphatic carbocycles. The number of carbonyl (C=O) groups is 1. The molecule has 10 heteroatoms. The average molecular weight is 430 g/mol. The van der Waals surface area contributed by atoms with Crippen molar-refractivity contribution in [3.8, 4) is 11.4 Å². The van der Waals surface area contributed by atoms with Gasteiger partial charge in [-0.15, -0.1) is 20.4 Å². The molecule has 8 nitrogen and oxygen atoms in total. The molecule has 0 atom stereocenters. The first kappa shape index (κ1) is 20.0. The van der Waals surface area contributed by atoms with E-state index in [0.29, 0.717) is 11.0 Å². The number of pyridine rings is 1. The number of nitrogens with zero attached hydrogens (tertiary/aromatic N) is 6. The second-order valence-corrected chi connectivity index (χ2v) is 8.86. The van der Waals surface area contributed by atoms with Gasteiger partial charge in [0.25, 0.3) is 0 Å². The summed E-state index contributed by atoms with van der Waals surface area (Å²) in [5.41, 5.74) is 0.953. The summed E-state index contributed by atoms with van der Waals surface area (Å²) in [6.07, 6.45) is 9.61. The molecule has 0 radical (unpaired) electrons. The minimum absolute atomic E-state index is 0.113. The largest absolute Gasteiger partial charge is 0.302 e. The van der Waals surface area contributed by atoms with Gasteiger partial charge in [-0.05, 0) is 31.9 Å². The fraction of sp³-hybridized carbons (Fsp3) is 0.474. The number of anilines is 1. The molecule has 1 aliphatic rings.